The molecule has 0 saturated carbocycles. The van der Waals surface area contributed by atoms with E-state index < -0.39 is 0 Å². The number of aryl methyl sites for hydroxylation is 3. The van der Waals surface area contributed by atoms with Gasteiger partial charge in [-0.3, -0.25) is 4.79 Å². The molecule has 0 aliphatic rings. The molecule has 0 aliphatic carbocycles. The van der Waals surface area contributed by atoms with Crippen LogP contribution in [0.3, 0.4) is 0 Å². The number of carbonyl (C=O) groups is 1. The average Bonchev–Trinajstić information content (AvgIpc) is 3.45. The quantitative estimate of drug-likeness (QED) is 0.319. The molecule has 182 valence electrons. The van der Waals surface area contributed by atoms with Crippen LogP contribution < -0.4 is 20.1 Å². The van der Waals surface area contributed by atoms with Crippen molar-refractivity contribution in [1.29, 1.82) is 0 Å². The molecule has 0 spiro atoms. The van der Waals surface area contributed by atoms with Crippen LogP contribution in [0.25, 0.3) is 0 Å². The standard InChI is InChI=1S/C26H28N4O4S/c1-14-12-15(2)28-26(27-14)29-23(18-9-10-19(32-5)21(13-18)33-6)22-16(3)17(4)35-25(22)30-24(31)20-8-7-11-34-20/h7-13,23H,1-6H3,(H,30,31)(H,27,28,29). The lowest BCUT2D eigenvalue weighted by Gasteiger charge is -2.23. The number of methoxy groups -OCH3 is 2. The summed E-state index contributed by atoms with van der Waals surface area (Å²) in [5, 5.41) is 7.25. The molecule has 4 rings (SSSR count). The zero-order valence-electron chi connectivity index (χ0n) is 20.6. The highest BCUT2D eigenvalue weighted by molar-refractivity contribution is 7.16. The molecule has 0 aliphatic heterocycles. The summed E-state index contributed by atoms with van der Waals surface area (Å²) in [7, 11) is 3.21. The number of aromatic nitrogens is 2. The number of amides is 1. The predicted molar refractivity (Wildman–Crippen MR) is 137 cm³/mol. The smallest absolute Gasteiger partial charge is 0.291 e. The first-order chi connectivity index (χ1) is 16.8. The highest BCUT2D eigenvalue weighted by atomic mass is 32.1. The summed E-state index contributed by atoms with van der Waals surface area (Å²) >= 11 is 1.51. The van der Waals surface area contributed by atoms with Crippen LogP contribution in [0.5, 0.6) is 11.5 Å². The van der Waals surface area contributed by atoms with E-state index in [4.69, 9.17) is 13.9 Å². The Morgan fingerprint density at radius 2 is 1.71 bits per heavy atom. The van der Waals surface area contributed by atoms with Gasteiger partial charge in [0.2, 0.25) is 5.95 Å². The van der Waals surface area contributed by atoms with Gasteiger partial charge in [0.25, 0.3) is 5.91 Å². The fourth-order valence-corrected chi connectivity index (χ4v) is 5.03. The Bertz CT molecular complexity index is 1330. The molecule has 0 fully saturated rings. The van der Waals surface area contributed by atoms with Crippen molar-refractivity contribution in [3.8, 4) is 11.5 Å². The number of nitrogens with zero attached hydrogens (tertiary/aromatic N) is 2. The van der Waals surface area contributed by atoms with Crippen LogP contribution in [0.4, 0.5) is 10.9 Å². The van der Waals surface area contributed by atoms with Crippen molar-refractivity contribution in [2.75, 3.05) is 24.9 Å². The zero-order valence-corrected chi connectivity index (χ0v) is 21.4. The van der Waals surface area contributed by atoms with Crippen LogP contribution in [-0.2, 0) is 0 Å². The number of carbonyl (C=O) groups excluding carboxylic acids is 1. The number of nitrogens with one attached hydrogen (secondary N) is 2. The maximum absolute atomic E-state index is 12.9. The Balaban J connectivity index is 1.84. The molecule has 4 aromatic rings. The zero-order chi connectivity index (χ0) is 25.1. The third kappa shape index (κ3) is 5.14. The lowest BCUT2D eigenvalue weighted by Crippen LogP contribution is -2.19. The van der Waals surface area contributed by atoms with Crippen molar-refractivity contribution in [3.05, 3.63) is 81.4 Å². The van der Waals surface area contributed by atoms with Gasteiger partial charge < -0.3 is 24.5 Å². The molecule has 0 bridgehead atoms. The van der Waals surface area contributed by atoms with E-state index in [2.05, 4.69) is 20.6 Å². The summed E-state index contributed by atoms with van der Waals surface area (Å²) in [5.41, 5.74) is 4.59. The second-order valence-electron chi connectivity index (χ2n) is 8.12. The fraction of sp³-hybridized carbons (Fsp3) is 0.269. The van der Waals surface area contributed by atoms with E-state index in [1.165, 1.54) is 17.6 Å². The lowest BCUT2D eigenvalue weighted by atomic mass is 9.96. The summed E-state index contributed by atoms with van der Waals surface area (Å²) in [6.45, 7) is 7.94. The van der Waals surface area contributed by atoms with Gasteiger partial charge in [-0.2, -0.15) is 0 Å². The van der Waals surface area contributed by atoms with Gasteiger partial charge in [-0.15, -0.1) is 11.3 Å². The van der Waals surface area contributed by atoms with Crippen molar-refractivity contribution in [1.82, 2.24) is 9.97 Å². The summed E-state index contributed by atoms with van der Waals surface area (Å²) < 4.78 is 16.3. The number of furan rings is 1. The van der Waals surface area contributed by atoms with E-state index in [-0.39, 0.29) is 17.7 Å². The van der Waals surface area contributed by atoms with Gasteiger partial charge >= 0.3 is 0 Å². The number of benzene rings is 1. The Morgan fingerprint density at radius 1 is 1.00 bits per heavy atom. The van der Waals surface area contributed by atoms with Crippen LogP contribution in [0.15, 0.2) is 47.1 Å². The number of thiophene rings is 1. The maximum Gasteiger partial charge on any atom is 0.291 e. The predicted octanol–water partition coefficient (Wildman–Crippen LogP) is 5.84. The van der Waals surface area contributed by atoms with Crippen LogP contribution >= 0.6 is 11.3 Å². The van der Waals surface area contributed by atoms with E-state index in [0.29, 0.717) is 17.4 Å². The van der Waals surface area contributed by atoms with Crippen molar-refractivity contribution < 1.29 is 18.7 Å². The SMILES string of the molecule is COc1ccc(C(Nc2nc(C)cc(C)n2)c2c(NC(=O)c3ccco3)sc(C)c2C)cc1OC. The summed E-state index contributed by atoms with van der Waals surface area (Å²) in [6, 6.07) is 10.6. The summed E-state index contributed by atoms with van der Waals surface area (Å²) in [6.07, 6.45) is 1.48. The third-order valence-corrected chi connectivity index (χ3v) is 6.83. The molecule has 1 atom stereocenters. The van der Waals surface area contributed by atoms with Gasteiger partial charge in [-0.1, -0.05) is 6.07 Å². The summed E-state index contributed by atoms with van der Waals surface area (Å²) in [5.74, 6) is 1.65. The van der Waals surface area contributed by atoms with Gasteiger partial charge in [0.05, 0.1) is 26.5 Å². The van der Waals surface area contributed by atoms with Gasteiger partial charge in [0, 0.05) is 21.8 Å². The minimum absolute atomic E-state index is 0.243. The Morgan fingerprint density at radius 3 is 2.34 bits per heavy atom. The largest absolute Gasteiger partial charge is 0.493 e. The lowest BCUT2D eigenvalue weighted by molar-refractivity contribution is 0.0997. The highest BCUT2D eigenvalue weighted by Gasteiger charge is 2.27. The van der Waals surface area contributed by atoms with Crippen molar-refractivity contribution in [3.63, 3.8) is 0 Å². The van der Waals surface area contributed by atoms with Crippen molar-refractivity contribution in [2.24, 2.45) is 0 Å². The van der Waals surface area contributed by atoms with Crippen LogP contribution in [0, 0.1) is 27.7 Å². The Hall–Kier alpha value is -3.85. The summed E-state index contributed by atoms with van der Waals surface area (Å²) in [4.78, 5) is 23.1. The number of rotatable bonds is 8. The molecule has 1 unspecified atom stereocenters. The topological polar surface area (TPSA) is 98.5 Å². The molecule has 9 heteroatoms. The van der Waals surface area contributed by atoms with E-state index in [0.717, 1.165) is 38.0 Å². The molecule has 0 radical (unpaired) electrons. The highest BCUT2D eigenvalue weighted by Crippen LogP contribution is 2.42. The van der Waals surface area contributed by atoms with E-state index >= 15 is 0 Å². The minimum Gasteiger partial charge on any atom is -0.493 e. The number of ether oxygens (including phenoxy) is 2. The number of hydrogen-bond donors (Lipinski definition) is 2. The molecule has 3 heterocycles. The molecule has 1 amide bonds. The molecule has 0 saturated heterocycles. The van der Waals surface area contributed by atoms with E-state index in [1.54, 1.807) is 26.4 Å². The molecular formula is C26H28N4O4S. The van der Waals surface area contributed by atoms with Gasteiger partial charge in [0.15, 0.2) is 17.3 Å². The van der Waals surface area contributed by atoms with Crippen molar-refractivity contribution in [2.45, 2.75) is 33.7 Å². The second kappa shape index (κ2) is 10.2. The van der Waals surface area contributed by atoms with Crippen molar-refractivity contribution >= 4 is 28.2 Å². The van der Waals surface area contributed by atoms with E-state index in [9.17, 15) is 4.79 Å². The molecule has 1 aromatic carbocycles. The molecule has 2 N–H and O–H groups in total. The van der Waals surface area contributed by atoms with Gasteiger partial charge in [0.1, 0.15) is 5.00 Å². The van der Waals surface area contributed by atoms with Gasteiger partial charge in [-0.25, -0.2) is 9.97 Å². The van der Waals surface area contributed by atoms with Crippen LogP contribution in [0.2, 0.25) is 0 Å². The second-order valence-corrected chi connectivity index (χ2v) is 9.35. The van der Waals surface area contributed by atoms with Crippen LogP contribution in [0.1, 0.15) is 49.6 Å². The maximum atomic E-state index is 12.9. The number of anilines is 2. The number of hydrogen-bond acceptors (Lipinski definition) is 8. The molecule has 3 aromatic heterocycles. The fourth-order valence-electron chi connectivity index (χ4n) is 3.93. The first kappa shape index (κ1) is 24.3. The minimum atomic E-state index is -0.382. The molecule has 8 nitrogen and oxygen atoms in total. The monoisotopic (exact) mass is 492 g/mol. The van der Waals surface area contributed by atoms with Gasteiger partial charge in [-0.05, 0) is 69.2 Å². The third-order valence-electron chi connectivity index (χ3n) is 5.69. The normalized spacial score (nSPS) is 11.7. The van der Waals surface area contributed by atoms with Crippen LogP contribution in [-0.4, -0.2) is 30.1 Å². The van der Waals surface area contributed by atoms with E-state index in [1.807, 2.05) is 52.0 Å². The molecule has 35 heavy (non-hydrogen) atoms. The first-order valence-corrected chi connectivity index (χ1v) is 11.9. The Labute approximate surface area is 208 Å². The molecular weight excluding hydrogens is 464 g/mol. The first-order valence-electron chi connectivity index (χ1n) is 11.1. The Kier molecular flexibility index (Phi) is 7.07. The average molecular weight is 493 g/mol.